The summed E-state index contributed by atoms with van der Waals surface area (Å²) in [5.41, 5.74) is 2.49. The predicted molar refractivity (Wildman–Crippen MR) is 65.6 cm³/mol. The summed E-state index contributed by atoms with van der Waals surface area (Å²) in [6, 6.07) is 1.65. The number of aryl methyl sites for hydroxylation is 2. The Morgan fingerprint density at radius 1 is 1.61 bits per heavy atom. The second kappa shape index (κ2) is 4.95. The number of rotatable bonds is 5. The fourth-order valence-corrected chi connectivity index (χ4v) is 1.80. The molecule has 2 heterocycles. The molecule has 0 aromatic carbocycles. The van der Waals surface area contributed by atoms with Gasteiger partial charge in [0.2, 0.25) is 5.76 Å². The van der Waals surface area contributed by atoms with E-state index in [-0.39, 0.29) is 5.76 Å². The summed E-state index contributed by atoms with van der Waals surface area (Å²) in [5, 5.41) is 16.4. The molecule has 0 saturated carbocycles. The standard InChI is InChI=1S/C12H15N3O3/c1-3-9-10(7-15(2)14-9)13-6-8-4-5-18-11(8)12(16)17/h4-5,7,13H,3,6H2,1-2H3,(H,16,17). The van der Waals surface area contributed by atoms with E-state index in [9.17, 15) is 4.79 Å². The van der Waals surface area contributed by atoms with Crippen LogP contribution >= 0.6 is 0 Å². The van der Waals surface area contributed by atoms with Gasteiger partial charge in [-0.15, -0.1) is 0 Å². The summed E-state index contributed by atoms with van der Waals surface area (Å²) in [5.74, 6) is -1.08. The third-order valence-electron chi connectivity index (χ3n) is 2.65. The quantitative estimate of drug-likeness (QED) is 0.845. The first-order valence-corrected chi connectivity index (χ1v) is 5.68. The Kier molecular flexibility index (Phi) is 3.36. The van der Waals surface area contributed by atoms with E-state index in [0.717, 1.165) is 17.8 Å². The zero-order valence-corrected chi connectivity index (χ0v) is 10.3. The molecule has 0 atom stereocenters. The van der Waals surface area contributed by atoms with Gasteiger partial charge in [0, 0.05) is 25.4 Å². The molecule has 6 nitrogen and oxygen atoms in total. The number of hydrogen-bond donors (Lipinski definition) is 2. The van der Waals surface area contributed by atoms with E-state index in [1.807, 2.05) is 20.2 Å². The monoisotopic (exact) mass is 249 g/mol. The largest absolute Gasteiger partial charge is 0.475 e. The molecule has 0 spiro atoms. The highest BCUT2D eigenvalue weighted by atomic mass is 16.4. The molecule has 0 radical (unpaired) electrons. The molecule has 96 valence electrons. The van der Waals surface area contributed by atoms with Gasteiger partial charge >= 0.3 is 5.97 Å². The summed E-state index contributed by atoms with van der Waals surface area (Å²) < 4.78 is 6.65. The number of nitrogens with one attached hydrogen (secondary N) is 1. The summed E-state index contributed by atoms with van der Waals surface area (Å²) in [6.07, 6.45) is 4.07. The maximum absolute atomic E-state index is 10.9. The molecule has 0 fully saturated rings. The van der Waals surface area contributed by atoms with Crippen molar-refractivity contribution in [3.8, 4) is 0 Å². The van der Waals surface area contributed by atoms with Gasteiger partial charge in [-0.3, -0.25) is 4.68 Å². The predicted octanol–water partition coefficient (Wildman–Crippen LogP) is 1.89. The van der Waals surface area contributed by atoms with Gasteiger partial charge in [0.05, 0.1) is 17.6 Å². The average Bonchev–Trinajstić information content (AvgIpc) is 2.92. The van der Waals surface area contributed by atoms with Crippen LogP contribution < -0.4 is 5.32 Å². The van der Waals surface area contributed by atoms with Gasteiger partial charge in [-0.2, -0.15) is 5.10 Å². The van der Waals surface area contributed by atoms with E-state index in [0.29, 0.717) is 12.1 Å². The molecule has 18 heavy (non-hydrogen) atoms. The smallest absolute Gasteiger partial charge is 0.372 e. The van der Waals surface area contributed by atoms with E-state index in [4.69, 9.17) is 9.52 Å². The van der Waals surface area contributed by atoms with Crippen LogP contribution in [0, 0.1) is 0 Å². The molecule has 0 amide bonds. The SMILES string of the molecule is CCc1nn(C)cc1NCc1ccoc1C(=O)O. The Morgan fingerprint density at radius 3 is 3.06 bits per heavy atom. The Labute approximate surface area is 104 Å². The maximum atomic E-state index is 10.9. The number of aromatic nitrogens is 2. The molecule has 0 aliphatic rings. The highest BCUT2D eigenvalue weighted by Crippen LogP contribution is 2.17. The van der Waals surface area contributed by atoms with Gasteiger partial charge in [-0.25, -0.2) is 4.79 Å². The maximum Gasteiger partial charge on any atom is 0.372 e. The van der Waals surface area contributed by atoms with E-state index in [1.54, 1.807) is 10.7 Å². The minimum absolute atomic E-state index is 0.0237. The number of furan rings is 1. The molecular weight excluding hydrogens is 234 g/mol. The zero-order valence-electron chi connectivity index (χ0n) is 10.3. The van der Waals surface area contributed by atoms with E-state index < -0.39 is 5.97 Å². The van der Waals surface area contributed by atoms with Crippen LogP contribution in [0.3, 0.4) is 0 Å². The molecule has 0 unspecified atom stereocenters. The van der Waals surface area contributed by atoms with Crippen LogP contribution in [0.15, 0.2) is 22.9 Å². The second-order valence-electron chi connectivity index (χ2n) is 3.95. The number of nitrogens with zero attached hydrogens (tertiary/aromatic N) is 2. The van der Waals surface area contributed by atoms with Gasteiger partial charge in [0.1, 0.15) is 0 Å². The molecule has 2 aromatic rings. The van der Waals surface area contributed by atoms with Crippen molar-refractivity contribution >= 4 is 11.7 Å². The number of anilines is 1. The van der Waals surface area contributed by atoms with Gasteiger partial charge in [0.25, 0.3) is 0 Å². The highest BCUT2D eigenvalue weighted by Gasteiger charge is 2.14. The number of hydrogen-bond acceptors (Lipinski definition) is 4. The lowest BCUT2D eigenvalue weighted by atomic mass is 10.2. The van der Waals surface area contributed by atoms with Gasteiger partial charge in [0.15, 0.2) is 0 Å². The average molecular weight is 249 g/mol. The first-order valence-electron chi connectivity index (χ1n) is 5.68. The van der Waals surface area contributed by atoms with Crippen LogP contribution in [0.2, 0.25) is 0 Å². The number of carbonyl (C=O) groups is 1. The number of aromatic carboxylic acids is 1. The Hall–Kier alpha value is -2.24. The van der Waals surface area contributed by atoms with Gasteiger partial charge < -0.3 is 14.8 Å². The lowest BCUT2D eigenvalue weighted by molar-refractivity contribution is 0.0661. The lowest BCUT2D eigenvalue weighted by Crippen LogP contribution is -2.05. The molecule has 2 aromatic heterocycles. The van der Waals surface area contributed by atoms with Crippen molar-refractivity contribution in [3.63, 3.8) is 0 Å². The van der Waals surface area contributed by atoms with Crippen molar-refractivity contribution in [2.45, 2.75) is 19.9 Å². The van der Waals surface area contributed by atoms with Crippen molar-refractivity contribution in [1.82, 2.24) is 9.78 Å². The van der Waals surface area contributed by atoms with Crippen molar-refractivity contribution < 1.29 is 14.3 Å². The lowest BCUT2D eigenvalue weighted by Gasteiger charge is -2.04. The summed E-state index contributed by atoms with van der Waals surface area (Å²) in [6.45, 7) is 2.42. The summed E-state index contributed by atoms with van der Waals surface area (Å²) in [4.78, 5) is 10.9. The third-order valence-corrected chi connectivity index (χ3v) is 2.65. The molecular formula is C12H15N3O3. The zero-order chi connectivity index (χ0) is 13.1. The molecule has 0 aliphatic carbocycles. The minimum Gasteiger partial charge on any atom is -0.475 e. The fourth-order valence-electron chi connectivity index (χ4n) is 1.80. The van der Waals surface area contributed by atoms with Crippen LogP contribution in [0.1, 0.15) is 28.7 Å². The van der Waals surface area contributed by atoms with Crippen molar-refractivity contribution in [1.29, 1.82) is 0 Å². The molecule has 2 rings (SSSR count). The molecule has 2 N–H and O–H groups in total. The Morgan fingerprint density at radius 2 is 2.39 bits per heavy atom. The second-order valence-corrected chi connectivity index (χ2v) is 3.95. The number of carboxylic acids is 1. The van der Waals surface area contributed by atoms with E-state index in [1.165, 1.54) is 6.26 Å². The van der Waals surface area contributed by atoms with Crippen LogP contribution in [0.4, 0.5) is 5.69 Å². The van der Waals surface area contributed by atoms with Crippen LogP contribution in [-0.4, -0.2) is 20.9 Å². The first-order chi connectivity index (χ1) is 8.61. The van der Waals surface area contributed by atoms with Crippen LogP contribution in [0.25, 0.3) is 0 Å². The van der Waals surface area contributed by atoms with E-state index >= 15 is 0 Å². The molecule has 0 bridgehead atoms. The minimum atomic E-state index is -1.06. The summed E-state index contributed by atoms with van der Waals surface area (Å²) in [7, 11) is 1.85. The molecule has 0 saturated heterocycles. The van der Waals surface area contributed by atoms with Gasteiger partial charge in [-0.05, 0) is 12.5 Å². The van der Waals surface area contributed by atoms with Crippen molar-refractivity contribution in [3.05, 3.63) is 35.5 Å². The normalized spacial score (nSPS) is 10.6. The van der Waals surface area contributed by atoms with Crippen LogP contribution in [-0.2, 0) is 20.0 Å². The fraction of sp³-hybridized carbons (Fsp3) is 0.333. The van der Waals surface area contributed by atoms with Gasteiger partial charge in [-0.1, -0.05) is 6.92 Å². The Balaban J connectivity index is 2.11. The number of carboxylic acid groups (broad SMARTS) is 1. The highest BCUT2D eigenvalue weighted by molar-refractivity contribution is 5.86. The van der Waals surface area contributed by atoms with Crippen molar-refractivity contribution in [2.24, 2.45) is 7.05 Å². The molecule has 6 heteroatoms. The third kappa shape index (κ3) is 2.37. The van der Waals surface area contributed by atoms with Crippen molar-refractivity contribution in [2.75, 3.05) is 5.32 Å². The topological polar surface area (TPSA) is 80.3 Å². The Bertz CT molecular complexity index is 557. The summed E-state index contributed by atoms with van der Waals surface area (Å²) >= 11 is 0. The van der Waals surface area contributed by atoms with E-state index in [2.05, 4.69) is 10.4 Å². The van der Waals surface area contributed by atoms with Crippen LogP contribution in [0.5, 0.6) is 0 Å². The molecule has 0 aliphatic heterocycles. The first kappa shape index (κ1) is 12.2.